The molecule has 0 atom stereocenters. The van der Waals surface area contributed by atoms with Gasteiger partial charge in [0.15, 0.2) is 0 Å². The molecule has 1 N–H and O–H groups in total. The summed E-state index contributed by atoms with van der Waals surface area (Å²) in [6.07, 6.45) is 2.80. The molecule has 0 aliphatic carbocycles. The van der Waals surface area contributed by atoms with Crippen LogP contribution < -0.4 is 29.6 Å². The monoisotopic (exact) mass is 152 g/mol. The summed E-state index contributed by atoms with van der Waals surface area (Å²) < 4.78 is 3.53. The van der Waals surface area contributed by atoms with Crippen molar-refractivity contribution in [3.05, 3.63) is 11.1 Å². The van der Waals surface area contributed by atoms with Crippen molar-refractivity contribution in [1.82, 2.24) is 9.59 Å². The maximum Gasteiger partial charge on any atom is 1.00 e. The summed E-state index contributed by atoms with van der Waals surface area (Å²) in [6.45, 7) is 0. The third-order valence-corrected chi connectivity index (χ3v) is 1.16. The molecule has 4 nitrogen and oxygen atoms in total. The molecule has 1 aromatic heterocycles. The van der Waals surface area contributed by atoms with Crippen molar-refractivity contribution in [3.63, 3.8) is 0 Å². The van der Waals surface area contributed by atoms with Crippen LogP contribution in [0.1, 0.15) is 4.88 Å². The van der Waals surface area contributed by atoms with Crippen LogP contribution in [0, 0.1) is 0 Å². The first-order valence-electron chi connectivity index (χ1n) is 1.88. The normalized spacial score (nSPS) is 9.33. The number of nitrogens with zero attached hydrogens (tertiary/aromatic N) is 3. The molecule has 6 heteroatoms. The van der Waals surface area contributed by atoms with E-state index in [0.717, 1.165) is 4.88 Å². The van der Waals surface area contributed by atoms with Crippen molar-refractivity contribution >= 4 is 17.7 Å². The van der Waals surface area contributed by atoms with Gasteiger partial charge in [0, 0.05) is 0 Å². The predicted octanol–water partition coefficient (Wildman–Crippen LogP) is -2.65. The Labute approximate surface area is 78.0 Å². The zero-order chi connectivity index (χ0) is 5.82. The van der Waals surface area contributed by atoms with E-state index in [1.54, 1.807) is 0 Å². The molecule has 0 spiro atoms. The van der Waals surface area contributed by atoms with E-state index in [0.29, 0.717) is 0 Å². The van der Waals surface area contributed by atoms with Gasteiger partial charge in [-0.05, 0) is 11.5 Å². The SMILES string of the molecule is O/N=C/c1cnns1.[Na+]. The van der Waals surface area contributed by atoms with Crippen LogP contribution in [0.15, 0.2) is 11.4 Å². The molecule has 42 valence electrons. The maximum absolute atomic E-state index is 7.96. The number of rotatable bonds is 1. The molecule has 0 amide bonds. The van der Waals surface area contributed by atoms with E-state index in [2.05, 4.69) is 14.7 Å². The van der Waals surface area contributed by atoms with Crippen LogP contribution in [0.4, 0.5) is 0 Å². The number of hydrogen-bond donors (Lipinski definition) is 1. The Kier molecular flexibility index (Phi) is 4.88. The predicted molar refractivity (Wildman–Crippen MR) is 29.3 cm³/mol. The summed E-state index contributed by atoms with van der Waals surface area (Å²) >= 11 is 1.18. The molecule has 1 heterocycles. The van der Waals surface area contributed by atoms with Crippen molar-refractivity contribution in [2.45, 2.75) is 0 Å². The second-order valence-electron chi connectivity index (χ2n) is 1.06. The molecule has 1 rings (SSSR count). The topological polar surface area (TPSA) is 58.4 Å². The summed E-state index contributed by atoms with van der Waals surface area (Å²) in [5.41, 5.74) is 0. The summed E-state index contributed by atoms with van der Waals surface area (Å²) in [4.78, 5) is 0.743. The van der Waals surface area contributed by atoms with Crippen molar-refractivity contribution in [3.8, 4) is 0 Å². The van der Waals surface area contributed by atoms with E-state index in [9.17, 15) is 0 Å². The van der Waals surface area contributed by atoms with Crippen molar-refractivity contribution in [2.75, 3.05) is 0 Å². The van der Waals surface area contributed by atoms with Gasteiger partial charge in [0.25, 0.3) is 0 Å². The smallest absolute Gasteiger partial charge is 0.411 e. The van der Waals surface area contributed by atoms with Gasteiger partial charge in [-0.1, -0.05) is 9.64 Å². The fourth-order valence-corrected chi connectivity index (χ4v) is 0.666. The Bertz CT molecular complexity index is 175. The second kappa shape index (κ2) is 4.87. The fourth-order valence-electron chi connectivity index (χ4n) is 0.289. The van der Waals surface area contributed by atoms with Crippen LogP contribution in [0.5, 0.6) is 0 Å². The van der Waals surface area contributed by atoms with Crippen LogP contribution in [0.3, 0.4) is 0 Å². The molecule has 0 saturated heterocycles. The van der Waals surface area contributed by atoms with Gasteiger partial charge in [0.2, 0.25) is 0 Å². The first-order chi connectivity index (χ1) is 3.93. The third kappa shape index (κ3) is 2.90. The molecule has 0 radical (unpaired) electrons. The Morgan fingerprint density at radius 2 is 2.56 bits per heavy atom. The van der Waals surface area contributed by atoms with E-state index < -0.39 is 0 Å². The Morgan fingerprint density at radius 3 is 3.00 bits per heavy atom. The van der Waals surface area contributed by atoms with E-state index in [1.165, 1.54) is 23.9 Å². The van der Waals surface area contributed by atoms with Gasteiger partial charge in [-0.3, -0.25) is 0 Å². The van der Waals surface area contributed by atoms with Gasteiger partial charge in [-0.25, -0.2) is 0 Å². The van der Waals surface area contributed by atoms with Gasteiger partial charge < -0.3 is 5.21 Å². The first kappa shape index (κ1) is 9.03. The van der Waals surface area contributed by atoms with Crippen LogP contribution in [-0.4, -0.2) is 21.0 Å². The van der Waals surface area contributed by atoms with Crippen molar-refractivity contribution < 1.29 is 34.8 Å². The molecule has 0 bridgehead atoms. The number of hydrogen-bond acceptors (Lipinski definition) is 5. The van der Waals surface area contributed by atoms with Crippen molar-refractivity contribution in [1.29, 1.82) is 0 Å². The molecule has 0 fully saturated rings. The minimum atomic E-state index is 0. The number of aromatic nitrogens is 2. The van der Waals surface area contributed by atoms with Crippen molar-refractivity contribution in [2.24, 2.45) is 5.16 Å². The molecule has 0 aliphatic heterocycles. The number of oxime groups is 1. The molecule has 9 heavy (non-hydrogen) atoms. The van der Waals surface area contributed by atoms with E-state index in [4.69, 9.17) is 5.21 Å². The van der Waals surface area contributed by atoms with Gasteiger partial charge >= 0.3 is 29.6 Å². The van der Waals surface area contributed by atoms with Gasteiger partial charge in [-0.2, -0.15) is 0 Å². The second-order valence-corrected chi connectivity index (χ2v) is 1.88. The third-order valence-electron chi connectivity index (χ3n) is 0.563. The molecule has 0 saturated carbocycles. The van der Waals surface area contributed by atoms with E-state index in [-0.39, 0.29) is 29.6 Å². The molecular weight excluding hydrogens is 149 g/mol. The minimum absolute atomic E-state index is 0. The zero-order valence-electron chi connectivity index (χ0n) is 4.85. The standard InChI is InChI=1S/C3H3N3OS.Na/c7-5-2-3-1-4-6-8-3;/h1-2,7H;/q;+1/b5-2+;. The molecule has 0 aliphatic rings. The van der Waals surface area contributed by atoms with Gasteiger partial charge in [0.1, 0.15) is 0 Å². The quantitative estimate of drug-likeness (QED) is 0.207. The summed E-state index contributed by atoms with van der Waals surface area (Å²) in [7, 11) is 0. The summed E-state index contributed by atoms with van der Waals surface area (Å²) in [6, 6.07) is 0. The van der Waals surface area contributed by atoms with E-state index >= 15 is 0 Å². The van der Waals surface area contributed by atoms with Gasteiger partial charge in [-0.15, -0.1) is 5.10 Å². The average Bonchev–Trinajstić information content (AvgIpc) is 2.19. The summed E-state index contributed by atoms with van der Waals surface area (Å²) in [5.74, 6) is 0. The Morgan fingerprint density at radius 1 is 1.78 bits per heavy atom. The van der Waals surface area contributed by atoms with Gasteiger partial charge in [0.05, 0.1) is 17.3 Å². The van der Waals surface area contributed by atoms with Crippen LogP contribution in [0.2, 0.25) is 0 Å². The van der Waals surface area contributed by atoms with E-state index in [1.807, 2.05) is 0 Å². The Balaban J connectivity index is 0.000000640. The molecule has 1 aromatic rings. The zero-order valence-corrected chi connectivity index (χ0v) is 7.67. The Hall–Kier alpha value is 0.0300. The molecular formula is C3H3N3NaOS+. The van der Waals surface area contributed by atoms with Crippen LogP contribution >= 0.6 is 11.5 Å². The summed E-state index contributed by atoms with van der Waals surface area (Å²) in [5, 5.41) is 14.2. The molecule has 0 unspecified atom stereocenters. The fraction of sp³-hybridized carbons (Fsp3) is 0. The molecule has 0 aromatic carbocycles. The van der Waals surface area contributed by atoms with Crippen LogP contribution in [0.25, 0.3) is 0 Å². The maximum atomic E-state index is 7.96. The van der Waals surface area contributed by atoms with Crippen LogP contribution in [-0.2, 0) is 0 Å². The largest absolute Gasteiger partial charge is 1.00 e. The first-order valence-corrected chi connectivity index (χ1v) is 2.65. The average molecular weight is 152 g/mol. The minimum Gasteiger partial charge on any atom is -0.411 e.